The van der Waals surface area contributed by atoms with Gasteiger partial charge in [-0.3, -0.25) is 9.69 Å². The second-order valence-corrected chi connectivity index (χ2v) is 17.4. The third-order valence-corrected chi connectivity index (χ3v) is 11.5. The minimum absolute atomic E-state index is 0.108. The number of carbonyl (C=O) groups is 3. The molecule has 3 amide bonds. The van der Waals surface area contributed by atoms with E-state index in [1.54, 1.807) is 12.0 Å². The lowest BCUT2D eigenvalue weighted by molar-refractivity contribution is -0.135. The van der Waals surface area contributed by atoms with Crippen LogP contribution in [0.4, 0.5) is 9.59 Å². The maximum Gasteiger partial charge on any atom is 0.410 e. The largest absolute Gasteiger partial charge is 0.488 e. The zero-order chi connectivity index (χ0) is 41.0. The van der Waals surface area contributed by atoms with Crippen molar-refractivity contribution in [3.8, 4) is 28.1 Å². The van der Waals surface area contributed by atoms with Crippen LogP contribution in [0.3, 0.4) is 0 Å². The zero-order valence-electron chi connectivity index (χ0n) is 34.5. The number of methoxy groups -OCH3 is 2. The van der Waals surface area contributed by atoms with Crippen molar-refractivity contribution in [2.24, 2.45) is 17.8 Å². The van der Waals surface area contributed by atoms with Gasteiger partial charge in [0, 0.05) is 37.1 Å². The van der Waals surface area contributed by atoms with Gasteiger partial charge in [0.15, 0.2) is 0 Å². The highest BCUT2D eigenvalue weighted by molar-refractivity contribution is 6.07. The zero-order valence-corrected chi connectivity index (χ0v) is 34.5. The number of nitrogens with one attached hydrogen (secondary N) is 3. The fourth-order valence-corrected chi connectivity index (χ4v) is 8.78. The Balaban J connectivity index is 1.07. The van der Waals surface area contributed by atoms with Crippen LogP contribution >= 0.6 is 0 Å². The summed E-state index contributed by atoms with van der Waals surface area (Å²) in [4.78, 5) is 59.8. The molecule has 3 aliphatic rings. The van der Waals surface area contributed by atoms with E-state index >= 15 is 0 Å². The number of hydrogen-bond acceptors (Lipinski definition) is 9. The molecule has 5 atom stereocenters. The van der Waals surface area contributed by atoms with Gasteiger partial charge in [-0.1, -0.05) is 39.0 Å². The summed E-state index contributed by atoms with van der Waals surface area (Å²) in [6.07, 6.45) is 2.35. The number of rotatable bonds is 8. The summed E-state index contributed by atoms with van der Waals surface area (Å²) in [5.74, 6) is 2.33. The predicted octanol–water partition coefficient (Wildman–Crippen LogP) is 7.90. The van der Waals surface area contributed by atoms with Crippen LogP contribution in [-0.2, 0) is 25.6 Å². The highest BCUT2D eigenvalue weighted by atomic mass is 16.6. The number of aromatic amines is 2. The number of imidazole rings is 2. The van der Waals surface area contributed by atoms with Crippen molar-refractivity contribution in [2.45, 2.75) is 84.7 Å². The lowest BCUT2D eigenvalue weighted by Crippen LogP contribution is -2.51. The van der Waals surface area contributed by atoms with E-state index in [1.165, 1.54) is 7.11 Å². The van der Waals surface area contributed by atoms with Crippen molar-refractivity contribution in [3.63, 3.8) is 0 Å². The molecule has 58 heavy (non-hydrogen) atoms. The van der Waals surface area contributed by atoms with Crippen molar-refractivity contribution in [2.75, 3.05) is 33.9 Å². The number of carbonyl (C=O) groups excluding carboxylic acids is 3. The van der Waals surface area contributed by atoms with Gasteiger partial charge in [-0.25, -0.2) is 19.6 Å². The van der Waals surface area contributed by atoms with Crippen molar-refractivity contribution in [1.29, 1.82) is 0 Å². The minimum atomic E-state index is -0.751. The van der Waals surface area contributed by atoms with Crippen LogP contribution in [0.2, 0.25) is 0 Å². The van der Waals surface area contributed by atoms with Gasteiger partial charge in [0.05, 0.1) is 48.7 Å². The molecule has 0 unspecified atom stereocenters. The molecule has 0 radical (unpaired) electrons. The van der Waals surface area contributed by atoms with Gasteiger partial charge >= 0.3 is 12.2 Å². The highest BCUT2D eigenvalue weighted by Crippen LogP contribution is 2.44. The van der Waals surface area contributed by atoms with Crippen LogP contribution in [0.15, 0.2) is 48.7 Å². The Hall–Kier alpha value is -5.63. The van der Waals surface area contributed by atoms with Gasteiger partial charge in [0.1, 0.15) is 35.6 Å². The average molecular weight is 792 g/mol. The Labute approximate surface area is 338 Å². The molecule has 3 N–H and O–H groups in total. The normalized spacial score (nSPS) is 20.9. The summed E-state index contributed by atoms with van der Waals surface area (Å²) in [5, 5.41) is 4.73. The fourth-order valence-electron chi connectivity index (χ4n) is 8.78. The quantitative estimate of drug-likeness (QED) is 0.142. The van der Waals surface area contributed by atoms with E-state index in [2.05, 4.69) is 58.6 Å². The number of fused-ring (bicyclic) bond motifs is 6. The number of benzene rings is 3. The molecule has 14 heteroatoms. The van der Waals surface area contributed by atoms with Gasteiger partial charge in [0.25, 0.3) is 0 Å². The molecule has 0 spiro atoms. The number of amides is 3. The number of aromatic nitrogens is 4. The highest BCUT2D eigenvalue weighted by Gasteiger charge is 2.42. The number of hydrogen-bond donors (Lipinski definition) is 3. The van der Waals surface area contributed by atoms with Crippen molar-refractivity contribution < 1.29 is 33.3 Å². The van der Waals surface area contributed by atoms with E-state index in [1.807, 2.05) is 51.8 Å². The molecule has 3 aromatic carbocycles. The second-order valence-electron chi connectivity index (χ2n) is 17.4. The molecule has 2 saturated heterocycles. The van der Waals surface area contributed by atoms with Crippen LogP contribution in [0, 0.1) is 17.8 Å². The molecule has 0 saturated carbocycles. The molecule has 5 heterocycles. The predicted molar refractivity (Wildman–Crippen MR) is 219 cm³/mol. The summed E-state index contributed by atoms with van der Waals surface area (Å²) < 4.78 is 22.5. The number of H-pyrrole nitrogens is 2. The molecule has 0 aliphatic carbocycles. The molecule has 3 aliphatic heterocycles. The lowest BCUT2D eigenvalue weighted by Gasteiger charge is -2.30. The number of alkyl carbamates (subject to hydrolysis) is 1. The topological polar surface area (TPSA) is 164 Å². The SMILES string of the molecule is COC[C@H]1C[C@@H](c2nc3ccc4cc5c(cc4c3[nH]2)OCc2cc(-c3cnc([C@@H]4C[C@H](C)CN4C(=O)OC(C)(C)C)[nH]3)ccc2-5)N(C(=O)[C@@H](NC(=O)OC)C(C)C)C1. The molecule has 0 bridgehead atoms. The van der Waals surface area contributed by atoms with Crippen LogP contribution in [0.5, 0.6) is 5.75 Å². The first-order chi connectivity index (χ1) is 27.7. The fraction of sp³-hybridized carbons (Fsp3) is 0.477. The number of likely N-dealkylation sites (tertiary alicyclic amines) is 2. The number of ether oxygens (including phenoxy) is 4. The van der Waals surface area contributed by atoms with Gasteiger partial charge in [-0.2, -0.15) is 0 Å². The molecule has 306 valence electrons. The van der Waals surface area contributed by atoms with Crippen molar-refractivity contribution in [3.05, 3.63) is 65.9 Å². The number of nitrogens with zero attached hydrogens (tertiary/aromatic N) is 4. The van der Waals surface area contributed by atoms with Crippen LogP contribution in [-0.4, -0.2) is 93.4 Å². The minimum Gasteiger partial charge on any atom is -0.488 e. The van der Waals surface area contributed by atoms with Gasteiger partial charge in [-0.15, -0.1) is 0 Å². The first-order valence-electron chi connectivity index (χ1n) is 20.1. The van der Waals surface area contributed by atoms with E-state index in [-0.39, 0.29) is 35.9 Å². The van der Waals surface area contributed by atoms with Crippen LogP contribution in [0.1, 0.15) is 83.7 Å². The smallest absolute Gasteiger partial charge is 0.410 e. The summed E-state index contributed by atoms with van der Waals surface area (Å²) >= 11 is 0. The van der Waals surface area contributed by atoms with Gasteiger partial charge in [0.2, 0.25) is 5.91 Å². The van der Waals surface area contributed by atoms with E-state index in [4.69, 9.17) is 28.9 Å². The maximum atomic E-state index is 14.0. The Morgan fingerprint density at radius 3 is 2.50 bits per heavy atom. The Morgan fingerprint density at radius 1 is 0.966 bits per heavy atom. The monoisotopic (exact) mass is 791 g/mol. The first kappa shape index (κ1) is 39.2. The van der Waals surface area contributed by atoms with E-state index in [0.29, 0.717) is 44.5 Å². The van der Waals surface area contributed by atoms with E-state index < -0.39 is 17.7 Å². The first-order valence-corrected chi connectivity index (χ1v) is 20.1. The lowest BCUT2D eigenvalue weighted by atomic mass is 9.92. The van der Waals surface area contributed by atoms with Crippen molar-refractivity contribution in [1.82, 2.24) is 35.1 Å². The molecular formula is C44H53N7O7. The molecule has 8 rings (SSSR count). The molecule has 14 nitrogen and oxygen atoms in total. The van der Waals surface area contributed by atoms with Crippen molar-refractivity contribution >= 4 is 39.9 Å². The summed E-state index contributed by atoms with van der Waals surface area (Å²) in [6, 6.07) is 13.4. The summed E-state index contributed by atoms with van der Waals surface area (Å²) in [7, 11) is 2.96. The van der Waals surface area contributed by atoms with E-state index in [0.717, 1.165) is 67.7 Å². The standard InChI is InChI=1S/C44H53N7O7/c1-23(2)37(49-42(53)56-8)41(52)50-20-25(21-55-7)14-35(50)40-46-32-12-10-26-16-31-29-11-9-27(15-28(29)22-57-36(31)17-30(26)38(32)48-40)33-18-45-39(47-33)34-13-24(3)19-51(34)43(54)58-44(4,5)6/h9-12,15-18,23-25,34-35,37H,13-14,19-22H2,1-8H3,(H,45,47)(H,46,48)(H,49,53)/t24-,25-,34-,35-,37-/m0/s1. The summed E-state index contributed by atoms with van der Waals surface area (Å²) in [6.45, 7) is 13.6. The van der Waals surface area contributed by atoms with E-state index in [9.17, 15) is 14.4 Å². The molecule has 2 fully saturated rings. The molecular weight excluding hydrogens is 739 g/mol. The maximum absolute atomic E-state index is 14.0. The Kier molecular flexibility index (Phi) is 10.3. The Bertz CT molecular complexity index is 2380. The third-order valence-electron chi connectivity index (χ3n) is 11.5. The summed E-state index contributed by atoms with van der Waals surface area (Å²) in [5.41, 5.74) is 6.11. The van der Waals surface area contributed by atoms with Gasteiger partial charge in [-0.05, 0) is 91.8 Å². The molecule has 5 aromatic rings. The second kappa shape index (κ2) is 15.3. The van der Waals surface area contributed by atoms with Crippen LogP contribution in [0.25, 0.3) is 44.2 Å². The van der Waals surface area contributed by atoms with Crippen LogP contribution < -0.4 is 10.1 Å². The van der Waals surface area contributed by atoms with Gasteiger partial charge < -0.3 is 39.1 Å². The third kappa shape index (κ3) is 7.45. The Morgan fingerprint density at radius 2 is 1.76 bits per heavy atom. The molecule has 2 aromatic heterocycles. The average Bonchev–Trinajstić information content (AvgIpc) is 4.00.